The molecular weight excluding hydrogens is 281 g/mol. The van der Waals surface area contributed by atoms with Crippen molar-refractivity contribution >= 4 is 0 Å². The first-order chi connectivity index (χ1) is 10.6. The molecule has 22 heavy (non-hydrogen) atoms. The van der Waals surface area contributed by atoms with Crippen LogP contribution in [0.2, 0.25) is 0 Å². The Morgan fingerprint density at radius 3 is 3.00 bits per heavy atom. The number of aliphatic hydroxyl groups excluding tert-OH is 1. The third-order valence-electron chi connectivity index (χ3n) is 4.58. The molecule has 0 fully saturated rings. The molecule has 1 aliphatic rings. The van der Waals surface area contributed by atoms with Gasteiger partial charge in [0.05, 0.1) is 18.8 Å². The molecular formula is C17H22FN3O. The number of nitrogens with zero attached hydrogens (tertiary/aromatic N) is 2. The monoisotopic (exact) mass is 303 g/mol. The van der Waals surface area contributed by atoms with E-state index in [1.54, 1.807) is 6.07 Å². The molecule has 1 aromatic heterocycles. The van der Waals surface area contributed by atoms with Crippen LogP contribution < -0.4 is 5.32 Å². The highest BCUT2D eigenvalue weighted by Gasteiger charge is 2.25. The Morgan fingerprint density at radius 2 is 2.23 bits per heavy atom. The topological polar surface area (TPSA) is 50.1 Å². The lowest BCUT2D eigenvalue weighted by atomic mass is 10.1. The van der Waals surface area contributed by atoms with Gasteiger partial charge in [0.2, 0.25) is 0 Å². The molecule has 5 heteroatoms. The Bertz CT molecular complexity index is 681. The number of aryl methyl sites for hydroxylation is 1. The van der Waals surface area contributed by atoms with Crippen LogP contribution in [0.15, 0.2) is 18.2 Å². The van der Waals surface area contributed by atoms with Crippen LogP contribution in [0.1, 0.15) is 40.5 Å². The van der Waals surface area contributed by atoms with E-state index in [0.717, 1.165) is 35.4 Å². The second-order valence-electron chi connectivity index (χ2n) is 5.88. The second-order valence-corrected chi connectivity index (χ2v) is 5.88. The second kappa shape index (κ2) is 6.18. The zero-order valence-corrected chi connectivity index (χ0v) is 13.1. The van der Waals surface area contributed by atoms with Crippen LogP contribution in [-0.4, -0.2) is 21.5 Å². The minimum absolute atomic E-state index is 0.0874. The van der Waals surface area contributed by atoms with E-state index in [9.17, 15) is 4.39 Å². The highest BCUT2D eigenvalue weighted by atomic mass is 19.1. The maximum Gasteiger partial charge on any atom is 0.126 e. The van der Waals surface area contributed by atoms with Crippen molar-refractivity contribution in [2.45, 2.75) is 45.8 Å². The van der Waals surface area contributed by atoms with Crippen LogP contribution >= 0.6 is 0 Å². The minimum atomic E-state index is -0.0927. The highest BCUT2D eigenvalue weighted by Crippen LogP contribution is 2.33. The first-order valence-corrected chi connectivity index (χ1v) is 7.76. The lowest BCUT2D eigenvalue weighted by Gasteiger charge is -2.14. The zero-order valence-electron chi connectivity index (χ0n) is 13.1. The van der Waals surface area contributed by atoms with Gasteiger partial charge < -0.3 is 10.4 Å². The van der Waals surface area contributed by atoms with E-state index in [1.165, 1.54) is 11.6 Å². The fourth-order valence-electron chi connectivity index (χ4n) is 3.35. The van der Waals surface area contributed by atoms with Crippen molar-refractivity contribution in [3.63, 3.8) is 0 Å². The van der Waals surface area contributed by atoms with Crippen molar-refractivity contribution in [2.24, 2.45) is 0 Å². The fourth-order valence-corrected chi connectivity index (χ4v) is 3.35. The van der Waals surface area contributed by atoms with Crippen LogP contribution in [0, 0.1) is 19.7 Å². The largest absolute Gasteiger partial charge is 0.394 e. The van der Waals surface area contributed by atoms with E-state index in [0.29, 0.717) is 13.1 Å². The molecule has 1 atom stereocenters. The Morgan fingerprint density at radius 1 is 1.41 bits per heavy atom. The summed E-state index contributed by atoms with van der Waals surface area (Å²) in [7, 11) is 0. The van der Waals surface area contributed by atoms with E-state index in [-0.39, 0.29) is 18.5 Å². The van der Waals surface area contributed by atoms with Crippen molar-refractivity contribution in [1.82, 2.24) is 15.1 Å². The molecule has 0 bridgehead atoms. The molecule has 3 rings (SSSR count). The summed E-state index contributed by atoms with van der Waals surface area (Å²) in [5.41, 5.74) is 5.16. The number of halogens is 1. The average molecular weight is 303 g/mol. The number of rotatable bonds is 5. The summed E-state index contributed by atoms with van der Waals surface area (Å²) in [6.07, 6.45) is 1.72. The zero-order chi connectivity index (χ0) is 15.7. The molecule has 1 aliphatic carbocycles. The molecule has 0 spiro atoms. The molecule has 0 aliphatic heterocycles. The van der Waals surface area contributed by atoms with Crippen LogP contribution in [0.25, 0.3) is 0 Å². The number of benzene rings is 1. The lowest BCUT2D eigenvalue weighted by molar-refractivity contribution is 0.267. The quantitative estimate of drug-likeness (QED) is 0.892. The van der Waals surface area contributed by atoms with Gasteiger partial charge in [0.15, 0.2) is 0 Å². The molecule has 0 radical (unpaired) electrons. The maximum absolute atomic E-state index is 13.8. The van der Waals surface area contributed by atoms with Gasteiger partial charge in [-0.3, -0.25) is 4.68 Å². The predicted octanol–water partition coefficient (Wildman–Crippen LogP) is 2.41. The summed E-state index contributed by atoms with van der Waals surface area (Å²) < 4.78 is 15.6. The number of nitrogens with one attached hydrogen (secondary N) is 1. The molecule has 0 unspecified atom stereocenters. The SMILES string of the molecule is Cc1nn(CCO)c(C)c1CN[C@H]1CCc2c(F)cccc21. The fraction of sp³-hybridized carbons (Fsp3) is 0.471. The number of aromatic nitrogens is 2. The van der Waals surface area contributed by atoms with Crippen molar-refractivity contribution < 1.29 is 9.50 Å². The molecule has 118 valence electrons. The normalized spacial score (nSPS) is 17.0. The summed E-state index contributed by atoms with van der Waals surface area (Å²) in [5.74, 6) is -0.0927. The van der Waals surface area contributed by atoms with Crippen LogP contribution in [0.3, 0.4) is 0 Å². The molecule has 0 amide bonds. The van der Waals surface area contributed by atoms with Gasteiger partial charge >= 0.3 is 0 Å². The molecule has 0 saturated heterocycles. The summed E-state index contributed by atoms with van der Waals surface area (Å²) in [4.78, 5) is 0. The van der Waals surface area contributed by atoms with Gasteiger partial charge in [-0.15, -0.1) is 0 Å². The average Bonchev–Trinajstić information content (AvgIpc) is 3.02. The van der Waals surface area contributed by atoms with Crippen LogP contribution in [0.4, 0.5) is 4.39 Å². The van der Waals surface area contributed by atoms with Gasteiger partial charge in [-0.25, -0.2) is 4.39 Å². The molecule has 2 aromatic rings. The van der Waals surface area contributed by atoms with Gasteiger partial charge in [0.25, 0.3) is 0 Å². The Hall–Kier alpha value is -1.72. The Balaban J connectivity index is 1.74. The van der Waals surface area contributed by atoms with E-state index >= 15 is 0 Å². The molecule has 1 aromatic carbocycles. The maximum atomic E-state index is 13.8. The Labute approximate surface area is 130 Å². The van der Waals surface area contributed by atoms with E-state index < -0.39 is 0 Å². The van der Waals surface area contributed by atoms with E-state index in [1.807, 2.05) is 24.6 Å². The van der Waals surface area contributed by atoms with Gasteiger partial charge in [-0.05, 0) is 43.9 Å². The summed E-state index contributed by atoms with van der Waals surface area (Å²) in [6.45, 7) is 5.33. The minimum Gasteiger partial charge on any atom is -0.394 e. The third kappa shape index (κ3) is 2.66. The molecule has 2 N–H and O–H groups in total. The summed E-state index contributed by atoms with van der Waals surface area (Å²) in [5, 5.41) is 17.1. The lowest BCUT2D eigenvalue weighted by Crippen LogP contribution is -2.19. The molecule has 1 heterocycles. The Kier molecular flexibility index (Phi) is 4.27. The first-order valence-electron chi connectivity index (χ1n) is 7.76. The van der Waals surface area contributed by atoms with Crippen molar-refractivity contribution in [3.8, 4) is 0 Å². The van der Waals surface area contributed by atoms with Gasteiger partial charge in [0.1, 0.15) is 5.82 Å². The highest BCUT2D eigenvalue weighted by molar-refractivity contribution is 5.36. The van der Waals surface area contributed by atoms with Crippen LogP contribution in [0.5, 0.6) is 0 Å². The van der Waals surface area contributed by atoms with Crippen molar-refractivity contribution in [3.05, 3.63) is 52.1 Å². The molecule has 0 saturated carbocycles. The number of fused-ring (bicyclic) bond motifs is 1. The van der Waals surface area contributed by atoms with E-state index in [2.05, 4.69) is 10.4 Å². The van der Waals surface area contributed by atoms with Gasteiger partial charge in [-0.1, -0.05) is 12.1 Å². The van der Waals surface area contributed by atoms with Gasteiger partial charge in [-0.2, -0.15) is 5.10 Å². The van der Waals surface area contributed by atoms with Gasteiger partial charge in [0, 0.05) is 23.8 Å². The standard InChI is InChI=1S/C17H22FN3O/c1-11-15(12(2)21(20-11)8-9-22)10-19-17-7-6-13-14(17)4-3-5-16(13)18/h3-5,17,19,22H,6-10H2,1-2H3/t17-/m0/s1. The molecule has 4 nitrogen and oxygen atoms in total. The van der Waals surface area contributed by atoms with E-state index in [4.69, 9.17) is 5.11 Å². The number of aliphatic hydroxyl groups is 1. The van der Waals surface area contributed by atoms with Crippen LogP contribution in [-0.2, 0) is 19.5 Å². The predicted molar refractivity (Wildman–Crippen MR) is 83.1 cm³/mol. The van der Waals surface area contributed by atoms with Crippen molar-refractivity contribution in [2.75, 3.05) is 6.61 Å². The summed E-state index contributed by atoms with van der Waals surface area (Å²) >= 11 is 0. The summed E-state index contributed by atoms with van der Waals surface area (Å²) in [6, 6.07) is 5.53. The first kappa shape index (κ1) is 15.2. The number of hydrogen-bond donors (Lipinski definition) is 2. The number of hydrogen-bond acceptors (Lipinski definition) is 3. The smallest absolute Gasteiger partial charge is 0.126 e. The third-order valence-corrected chi connectivity index (χ3v) is 4.58. The van der Waals surface area contributed by atoms with Crippen molar-refractivity contribution in [1.29, 1.82) is 0 Å².